The Morgan fingerprint density at radius 1 is 0.625 bits per heavy atom. The van der Waals surface area contributed by atoms with Crippen LogP contribution in [0.15, 0.2) is 52.7 Å². The highest BCUT2D eigenvalue weighted by molar-refractivity contribution is 6.10. The molecule has 0 radical (unpaired) electrons. The van der Waals surface area contributed by atoms with E-state index in [0.29, 0.717) is 58.9 Å². The number of ether oxygens (including phenoxy) is 3. The van der Waals surface area contributed by atoms with Crippen LogP contribution in [0.1, 0.15) is 175 Å². The zero-order valence-corrected chi connectivity index (χ0v) is 41.0. The number of carbonyl (C=O) groups excluding carboxylic acids is 4. The van der Waals surface area contributed by atoms with Crippen molar-refractivity contribution in [3.8, 4) is 11.5 Å². The maximum atomic E-state index is 15.1. The molecule has 0 amide bonds. The Morgan fingerprint density at radius 3 is 1.73 bits per heavy atom. The van der Waals surface area contributed by atoms with Gasteiger partial charge in [0.15, 0.2) is 17.3 Å². The fraction of sp³-hybridized carbons (Fsp3) is 0.684. The van der Waals surface area contributed by atoms with E-state index in [1.807, 2.05) is 19.9 Å². The van der Waals surface area contributed by atoms with Crippen molar-refractivity contribution in [1.29, 1.82) is 0 Å². The van der Waals surface area contributed by atoms with Crippen LogP contribution in [0.2, 0.25) is 0 Å². The van der Waals surface area contributed by atoms with Crippen LogP contribution in [0.4, 0.5) is 0 Å². The van der Waals surface area contributed by atoms with Gasteiger partial charge in [-0.2, -0.15) is 0 Å². The van der Waals surface area contributed by atoms with Gasteiger partial charge in [0, 0.05) is 59.3 Å². The number of benzene rings is 1. The molecule has 14 atom stereocenters. The SMILES string of the molecule is CO[C@@]12Oc3c(cc4c(c3C)C(=O)C=C3[C@@]4(C)CC[C@@]4(C)[C@@H]5C[C@@H](C)C(=O)C[C@]5(C)CC[C@]34C)O[C@]1(C)C1=CC=C3[C@@](C)(CC[C@@]4(C)[C@@H]5C[C@@H](C)C(=O)C[C@]5(C)CC[C@]34C)C1=CC2=O. The number of Topliss-reactive ketones (excluding diaryl/α,β-unsaturated/α-hetero) is 2. The second-order valence-electron chi connectivity index (χ2n) is 25.5. The third-order valence-corrected chi connectivity index (χ3v) is 22.7. The molecule has 0 N–H and O–H groups in total. The molecule has 0 bridgehead atoms. The average molecular weight is 869 g/mol. The van der Waals surface area contributed by atoms with E-state index in [0.717, 1.165) is 80.9 Å². The molecule has 342 valence electrons. The minimum absolute atomic E-state index is 0.00468. The minimum atomic E-state index is -1.81. The number of rotatable bonds is 1. The summed E-state index contributed by atoms with van der Waals surface area (Å²) in [5.74, 6) is 0.614. The summed E-state index contributed by atoms with van der Waals surface area (Å²) in [5, 5.41) is 0. The first kappa shape index (κ1) is 43.0. The van der Waals surface area contributed by atoms with E-state index < -0.39 is 22.2 Å². The van der Waals surface area contributed by atoms with Crippen molar-refractivity contribution in [1.82, 2.24) is 0 Å². The summed E-state index contributed by atoms with van der Waals surface area (Å²) in [7, 11) is 1.53. The molecule has 7 heteroatoms. The molecule has 6 saturated carbocycles. The first-order valence-electron chi connectivity index (χ1n) is 24.9. The predicted octanol–water partition coefficient (Wildman–Crippen LogP) is 12.1. The van der Waals surface area contributed by atoms with Crippen LogP contribution in [-0.2, 0) is 24.5 Å². The van der Waals surface area contributed by atoms with Crippen LogP contribution in [0.25, 0.3) is 0 Å². The normalized spacial score (nSPS) is 49.7. The fourth-order valence-electron chi connectivity index (χ4n) is 18.2. The molecule has 0 spiro atoms. The van der Waals surface area contributed by atoms with Gasteiger partial charge in [0.05, 0.1) is 0 Å². The van der Waals surface area contributed by atoms with E-state index in [2.05, 4.69) is 87.5 Å². The summed E-state index contributed by atoms with van der Waals surface area (Å²) in [4.78, 5) is 56.2. The Bertz CT molecular complexity index is 2560. The molecule has 11 rings (SSSR count). The molecule has 1 aliphatic heterocycles. The van der Waals surface area contributed by atoms with E-state index in [1.54, 1.807) is 6.08 Å². The first-order valence-corrected chi connectivity index (χ1v) is 24.9. The molecule has 0 unspecified atom stereocenters. The second-order valence-corrected chi connectivity index (χ2v) is 25.5. The highest BCUT2D eigenvalue weighted by Crippen LogP contribution is 2.77. The number of hydrogen-bond donors (Lipinski definition) is 0. The quantitative estimate of drug-likeness (QED) is 0.277. The zero-order valence-electron chi connectivity index (χ0n) is 41.0. The lowest BCUT2D eigenvalue weighted by Crippen LogP contribution is -2.70. The maximum absolute atomic E-state index is 15.1. The largest absolute Gasteiger partial charge is 0.471 e. The summed E-state index contributed by atoms with van der Waals surface area (Å²) >= 11 is 0. The predicted molar refractivity (Wildman–Crippen MR) is 247 cm³/mol. The molecular formula is C57H72O7. The standard InChI is InChI=1S/C57H72O7/c1-31-24-42-48(4,29-38(31)59)16-20-52(8)41-15-14-34-35(50(41,6)18-22-53(42,52)9)27-45(61)57(62-13)56(34,12)63-40-26-36-46(33(3)47(40)64-57)37(58)28-44-51(36,7)19-23-54(10)43-25-32(2)39(60)30-49(43,5)17-21-55(44,54)11/h14-15,26-28,31-32,42-43H,16-25,29-30H2,1-13H3/t31-,32-,42-,43-,48+,49+,50+,51+,52-,53+,54+,55-,56-,57+/m1/s1. The molecule has 9 aliphatic carbocycles. The van der Waals surface area contributed by atoms with E-state index in [1.165, 1.54) is 18.3 Å². The molecule has 1 aromatic carbocycles. The van der Waals surface area contributed by atoms with Crippen LogP contribution >= 0.6 is 0 Å². The van der Waals surface area contributed by atoms with Crippen molar-refractivity contribution in [2.45, 2.75) is 177 Å². The van der Waals surface area contributed by atoms with Crippen molar-refractivity contribution >= 4 is 23.1 Å². The number of methoxy groups -OCH3 is 1. The summed E-state index contributed by atoms with van der Waals surface area (Å²) < 4.78 is 20.7. The monoisotopic (exact) mass is 869 g/mol. The number of ketones is 4. The molecule has 0 saturated heterocycles. The average Bonchev–Trinajstić information content (AvgIpc) is 3.23. The molecular weight excluding hydrogens is 797 g/mol. The van der Waals surface area contributed by atoms with Crippen LogP contribution in [0, 0.1) is 68.5 Å². The zero-order chi connectivity index (χ0) is 46.0. The summed E-state index contributed by atoms with van der Waals surface area (Å²) in [6, 6.07) is 2.09. The van der Waals surface area contributed by atoms with Gasteiger partial charge in [-0.15, -0.1) is 0 Å². The van der Waals surface area contributed by atoms with Gasteiger partial charge >= 0.3 is 5.79 Å². The first-order chi connectivity index (χ1) is 29.8. The van der Waals surface area contributed by atoms with Crippen LogP contribution < -0.4 is 9.47 Å². The van der Waals surface area contributed by atoms with Gasteiger partial charge in [0.25, 0.3) is 0 Å². The van der Waals surface area contributed by atoms with E-state index in [-0.39, 0.29) is 55.9 Å². The minimum Gasteiger partial charge on any atom is -0.471 e. The number of carbonyl (C=O) groups is 4. The smallest absolute Gasteiger partial charge is 0.319 e. The van der Waals surface area contributed by atoms with Crippen LogP contribution in [0.5, 0.6) is 11.5 Å². The third-order valence-electron chi connectivity index (χ3n) is 22.7. The van der Waals surface area contributed by atoms with Crippen LogP contribution in [0.3, 0.4) is 0 Å². The molecule has 1 heterocycles. The molecule has 10 aliphatic rings. The molecule has 64 heavy (non-hydrogen) atoms. The number of allylic oxidation sites excluding steroid dienone is 5. The van der Waals surface area contributed by atoms with E-state index in [9.17, 15) is 14.4 Å². The van der Waals surface area contributed by atoms with Crippen molar-refractivity contribution in [2.24, 2.45) is 61.6 Å². The Hall–Kier alpha value is -3.58. The van der Waals surface area contributed by atoms with E-state index in [4.69, 9.17) is 14.2 Å². The van der Waals surface area contributed by atoms with Gasteiger partial charge < -0.3 is 14.2 Å². The Kier molecular flexibility index (Phi) is 8.40. The topological polar surface area (TPSA) is 96.0 Å². The molecule has 0 aromatic heterocycles. The summed E-state index contributed by atoms with van der Waals surface area (Å²) in [5.41, 5.74) is 4.20. The molecule has 7 nitrogen and oxygen atoms in total. The number of hydrogen-bond acceptors (Lipinski definition) is 7. The fourth-order valence-corrected chi connectivity index (χ4v) is 18.2. The Balaban J connectivity index is 1.01. The molecule has 1 aromatic rings. The van der Waals surface area contributed by atoms with Crippen molar-refractivity contribution in [2.75, 3.05) is 7.11 Å². The lowest BCUT2D eigenvalue weighted by Gasteiger charge is -2.69. The molecule has 6 fully saturated rings. The van der Waals surface area contributed by atoms with Crippen molar-refractivity contribution < 1.29 is 33.4 Å². The van der Waals surface area contributed by atoms with Crippen molar-refractivity contribution in [3.63, 3.8) is 0 Å². The van der Waals surface area contributed by atoms with Gasteiger partial charge in [0.1, 0.15) is 11.6 Å². The van der Waals surface area contributed by atoms with Gasteiger partial charge in [-0.05, 0) is 157 Å². The highest BCUT2D eigenvalue weighted by Gasteiger charge is 2.72. The van der Waals surface area contributed by atoms with E-state index >= 15 is 4.79 Å². The third kappa shape index (κ3) is 4.65. The summed E-state index contributed by atoms with van der Waals surface area (Å²) in [6.45, 7) is 27.5. The van der Waals surface area contributed by atoms with Gasteiger partial charge in [-0.1, -0.05) is 87.0 Å². The maximum Gasteiger partial charge on any atom is 0.319 e. The summed E-state index contributed by atoms with van der Waals surface area (Å²) in [6.07, 6.45) is 19.2. The van der Waals surface area contributed by atoms with Gasteiger partial charge in [-0.25, -0.2) is 0 Å². The lowest BCUT2D eigenvalue weighted by atomic mass is 9.35. The van der Waals surface area contributed by atoms with Gasteiger partial charge in [0.2, 0.25) is 11.4 Å². The van der Waals surface area contributed by atoms with Gasteiger partial charge in [-0.3, -0.25) is 19.2 Å². The Morgan fingerprint density at radius 2 is 1.17 bits per heavy atom. The Labute approximate surface area is 381 Å². The second kappa shape index (κ2) is 12.5. The highest BCUT2D eigenvalue weighted by atomic mass is 16.7. The van der Waals surface area contributed by atoms with Crippen molar-refractivity contribution in [3.05, 3.63) is 69.4 Å². The lowest BCUT2D eigenvalue weighted by molar-refractivity contribution is -0.244. The van der Waals surface area contributed by atoms with Crippen LogP contribution in [-0.4, -0.2) is 41.6 Å². The number of fused-ring (bicyclic) bond motifs is 17.